The minimum absolute atomic E-state index is 0.0674. The summed E-state index contributed by atoms with van der Waals surface area (Å²) in [7, 11) is 0. The predicted octanol–water partition coefficient (Wildman–Crippen LogP) is 2.98. The number of rotatable bonds is 7. The maximum absolute atomic E-state index is 13.6. The van der Waals surface area contributed by atoms with Crippen molar-refractivity contribution in [3.63, 3.8) is 0 Å². The van der Waals surface area contributed by atoms with E-state index in [4.69, 9.17) is 0 Å². The van der Waals surface area contributed by atoms with Gasteiger partial charge in [0.1, 0.15) is 17.5 Å². The second-order valence-corrected chi connectivity index (χ2v) is 6.80. The molecule has 0 aliphatic heterocycles. The van der Waals surface area contributed by atoms with Crippen LogP contribution in [-0.2, 0) is 16.6 Å². The highest BCUT2D eigenvalue weighted by Crippen LogP contribution is 2.46. The van der Waals surface area contributed by atoms with Crippen LogP contribution in [0.4, 0.5) is 17.6 Å². The van der Waals surface area contributed by atoms with E-state index in [2.05, 4.69) is 9.97 Å². The molecule has 0 saturated heterocycles. The van der Waals surface area contributed by atoms with E-state index >= 15 is 0 Å². The molecule has 148 valence electrons. The van der Waals surface area contributed by atoms with Crippen molar-refractivity contribution in [1.82, 2.24) is 15.3 Å². The van der Waals surface area contributed by atoms with Crippen LogP contribution in [0.25, 0.3) is 0 Å². The summed E-state index contributed by atoms with van der Waals surface area (Å²) in [6, 6.07) is 3.44. The van der Waals surface area contributed by atoms with Gasteiger partial charge in [-0.2, -0.15) is 8.78 Å². The number of nitrogens with one attached hydrogen (secondary N) is 1. The SMILES string of the molecule is O=C(CNC(=O)C(F)F)c1cnc(CC2(c3cc(F)cc(F)c3)CCC2)nc1. The summed E-state index contributed by atoms with van der Waals surface area (Å²) >= 11 is 0. The number of ketones is 1. The van der Waals surface area contributed by atoms with Crippen molar-refractivity contribution in [2.75, 3.05) is 6.54 Å². The summed E-state index contributed by atoms with van der Waals surface area (Å²) in [5.41, 5.74) is 0.159. The molecule has 2 aromatic rings. The van der Waals surface area contributed by atoms with Crippen molar-refractivity contribution >= 4 is 11.7 Å². The quantitative estimate of drug-likeness (QED) is 0.578. The Bertz CT molecular complexity index is 863. The number of nitrogens with zero attached hydrogens (tertiary/aromatic N) is 2. The lowest BCUT2D eigenvalue weighted by Gasteiger charge is -2.42. The highest BCUT2D eigenvalue weighted by atomic mass is 19.3. The number of halogens is 4. The number of aromatic nitrogens is 2. The van der Waals surface area contributed by atoms with Crippen LogP contribution in [0, 0.1) is 11.6 Å². The molecular weight excluding hydrogens is 378 g/mol. The Kier molecular flexibility index (Phi) is 5.71. The van der Waals surface area contributed by atoms with Crippen molar-refractivity contribution in [2.24, 2.45) is 0 Å². The average molecular weight is 395 g/mol. The molecule has 0 atom stereocenters. The molecule has 1 heterocycles. The van der Waals surface area contributed by atoms with Gasteiger partial charge in [0.05, 0.1) is 12.1 Å². The minimum atomic E-state index is -3.20. The third kappa shape index (κ3) is 4.35. The predicted molar refractivity (Wildman–Crippen MR) is 91.0 cm³/mol. The van der Waals surface area contributed by atoms with E-state index < -0.39 is 41.7 Å². The van der Waals surface area contributed by atoms with Crippen LogP contribution in [-0.4, -0.2) is 34.6 Å². The van der Waals surface area contributed by atoms with E-state index in [0.29, 0.717) is 17.8 Å². The first kappa shape index (κ1) is 19.9. The Morgan fingerprint density at radius 2 is 1.68 bits per heavy atom. The Morgan fingerprint density at radius 3 is 2.18 bits per heavy atom. The third-order valence-corrected chi connectivity index (χ3v) is 4.93. The largest absolute Gasteiger partial charge is 0.344 e. The van der Waals surface area contributed by atoms with Crippen LogP contribution >= 0.6 is 0 Å². The fraction of sp³-hybridized carbons (Fsp3) is 0.368. The first-order valence-corrected chi connectivity index (χ1v) is 8.66. The Hall–Kier alpha value is -2.84. The molecule has 1 aliphatic carbocycles. The molecule has 0 radical (unpaired) electrons. The zero-order valence-electron chi connectivity index (χ0n) is 14.7. The summed E-state index contributed by atoms with van der Waals surface area (Å²) in [6.45, 7) is -0.585. The topological polar surface area (TPSA) is 72.0 Å². The molecule has 9 heteroatoms. The highest BCUT2D eigenvalue weighted by molar-refractivity contribution is 5.99. The lowest BCUT2D eigenvalue weighted by atomic mass is 9.62. The summed E-state index contributed by atoms with van der Waals surface area (Å²) in [6.07, 6.45) is 2.04. The average Bonchev–Trinajstić information content (AvgIpc) is 2.62. The van der Waals surface area contributed by atoms with Gasteiger partial charge >= 0.3 is 6.43 Å². The zero-order chi connectivity index (χ0) is 20.3. The van der Waals surface area contributed by atoms with E-state index in [9.17, 15) is 27.2 Å². The van der Waals surface area contributed by atoms with Crippen molar-refractivity contribution in [1.29, 1.82) is 0 Å². The lowest BCUT2D eigenvalue weighted by Crippen LogP contribution is -2.37. The van der Waals surface area contributed by atoms with E-state index in [1.807, 2.05) is 5.32 Å². The van der Waals surface area contributed by atoms with Crippen molar-refractivity contribution < 1.29 is 27.2 Å². The first-order valence-electron chi connectivity index (χ1n) is 8.66. The van der Waals surface area contributed by atoms with Crippen LogP contribution in [0.15, 0.2) is 30.6 Å². The summed E-state index contributed by atoms with van der Waals surface area (Å²) in [5, 5.41) is 1.82. The van der Waals surface area contributed by atoms with E-state index in [1.165, 1.54) is 24.5 Å². The molecule has 3 rings (SSSR count). The maximum atomic E-state index is 13.6. The van der Waals surface area contributed by atoms with E-state index in [1.54, 1.807) is 0 Å². The molecule has 28 heavy (non-hydrogen) atoms. The van der Waals surface area contributed by atoms with Gasteiger partial charge in [-0.3, -0.25) is 9.59 Å². The molecule has 0 bridgehead atoms. The van der Waals surface area contributed by atoms with Crippen molar-refractivity contribution in [2.45, 2.75) is 37.5 Å². The molecule has 5 nitrogen and oxygen atoms in total. The van der Waals surface area contributed by atoms with Gasteiger partial charge in [-0.05, 0) is 30.5 Å². The smallest absolute Gasteiger partial charge is 0.315 e. The van der Waals surface area contributed by atoms with Gasteiger partial charge in [-0.15, -0.1) is 0 Å². The molecule has 1 N–H and O–H groups in total. The summed E-state index contributed by atoms with van der Waals surface area (Å²) < 4.78 is 51.4. The van der Waals surface area contributed by atoms with Gasteiger partial charge < -0.3 is 5.32 Å². The second-order valence-electron chi connectivity index (χ2n) is 6.80. The van der Waals surface area contributed by atoms with Gasteiger partial charge in [-0.25, -0.2) is 18.7 Å². The van der Waals surface area contributed by atoms with Gasteiger partial charge in [0, 0.05) is 30.3 Å². The van der Waals surface area contributed by atoms with Gasteiger partial charge in [-0.1, -0.05) is 6.42 Å². The van der Waals surface area contributed by atoms with Gasteiger partial charge in [0.2, 0.25) is 0 Å². The molecule has 0 unspecified atom stereocenters. The monoisotopic (exact) mass is 395 g/mol. The highest BCUT2D eigenvalue weighted by Gasteiger charge is 2.40. The number of hydrogen-bond donors (Lipinski definition) is 1. The first-order chi connectivity index (χ1) is 13.3. The standard InChI is InChI=1S/C19H17F4N3O2/c20-13-4-12(5-14(21)6-13)19(2-1-3-19)7-16-24-8-11(9-25-16)15(27)10-26-18(28)17(22)23/h4-6,8-9,17H,1-3,7,10H2,(H,26,28). The summed E-state index contributed by atoms with van der Waals surface area (Å²) in [4.78, 5) is 31.0. The van der Waals surface area contributed by atoms with Crippen LogP contribution in [0.1, 0.15) is 41.0 Å². The molecule has 1 amide bonds. The molecule has 1 aliphatic rings. The normalized spacial score (nSPS) is 15.2. The molecule has 1 fully saturated rings. The van der Waals surface area contributed by atoms with E-state index in [-0.39, 0.29) is 5.56 Å². The van der Waals surface area contributed by atoms with Gasteiger partial charge in [0.15, 0.2) is 5.78 Å². The molecule has 1 saturated carbocycles. The van der Waals surface area contributed by atoms with Crippen molar-refractivity contribution in [3.8, 4) is 0 Å². The molecule has 1 aromatic carbocycles. The maximum Gasteiger partial charge on any atom is 0.315 e. The number of amides is 1. The number of Topliss-reactive ketones (excluding diaryl/α,β-unsaturated/α-hetero) is 1. The number of benzene rings is 1. The number of alkyl halides is 2. The van der Waals surface area contributed by atoms with Crippen LogP contribution in [0.2, 0.25) is 0 Å². The van der Waals surface area contributed by atoms with Crippen LogP contribution in [0.5, 0.6) is 0 Å². The van der Waals surface area contributed by atoms with Crippen LogP contribution < -0.4 is 5.32 Å². The van der Waals surface area contributed by atoms with Gasteiger partial charge in [0.25, 0.3) is 5.91 Å². The number of carbonyl (C=O) groups is 2. The second kappa shape index (κ2) is 8.04. The minimum Gasteiger partial charge on any atom is -0.344 e. The third-order valence-electron chi connectivity index (χ3n) is 4.93. The summed E-state index contributed by atoms with van der Waals surface area (Å²) in [5.74, 6) is -3.02. The molecule has 0 spiro atoms. The Balaban J connectivity index is 1.69. The van der Waals surface area contributed by atoms with Crippen LogP contribution in [0.3, 0.4) is 0 Å². The number of carbonyl (C=O) groups excluding carboxylic acids is 2. The van der Waals surface area contributed by atoms with E-state index in [0.717, 1.165) is 25.3 Å². The lowest BCUT2D eigenvalue weighted by molar-refractivity contribution is -0.131. The fourth-order valence-electron chi connectivity index (χ4n) is 3.27. The fourth-order valence-corrected chi connectivity index (χ4v) is 3.27. The zero-order valence-corrected chi connectivity index (χ0v) is 14.7. The Morgan fingerprint density at radius 1 is 1.07 bits per heavy atom. The Labute approximate surface area is 158 Å². The number of hydrogen-bond acceptors (Lipinski definition) is 4. The van der Waals surface area contributed by atoms with Crippen molar-refractivity contribution in [3.05, 3.63) is 59.2 Å². The molecular formula is C19H17F4N3O2. The molecule has 1 aromatic heterocycles.